The number of carboxylic acid groups (broad SMARTS) is 1. The summed E-state index contributed by atoms with van der Waals surface area (Å²) >= 11 is 0. The summed E-state index contributed by atoms with van der Waals surface area (Å²) in [6.07, 6.45) is 11.0. The predicted molar refractivity (Wildman–Crippen MR) is 120 cm³/mol. The zero-order valence-electron chi connectivity index (χ0n) is 17.5. The van der Waals surface area contributed by atoms with Crippen molar-refractivity contribution < 1.29 is 14.7 Å². The fourth-order valence-electron chi connectivity index (χ4n) is 3.73. The van der Waals surface area contributed by atoms with E-state index in [-0.39, 0.29) is 18.4 Å². The maximum Gasteiger partial charge on any atom is 0.304 e. The van der Waals surface area contributed by atoms with Gasteiger partial charge < -0.3 is 10.4 Å². The molecule has 1 aromatic rings. The first-order valence-corrected chi connectivity index (χ1v) is 10.8. The van der Waals surface area contributed by atoms with Gasteiger partial charge in [0.1, 0.15) is 0 Å². The molecule has 4 heteroatoms. The van der Waals surface area contributed by atoms with Crippen LogP contribution in [0, 0.1) is 35.5 Å². The second-order valence-electron chi connectivity index (χ2n) is 7.81. The molecule has 4 nitrogen and oxygen atoms in total. The van der Waals surface area contributed by atoms with Crippen LogP contribution in [0.3, 0.4) is 0 Å². The maximum atomic E-state index is 12.5. The van der Waals surface area contributed by atoms with Crippen molar-refractivity contribution in [2.75, 3.05) is 0 Å². The van der Waals surface area contributed by atoms with Crippen molar-refractivity contribution in [3.05, 3.63) is 48.6 Å². The number of allylic oxidation sites excluding steroid dienone is 1. The summed E-state index contributed by atoms with van der Waals surface area (Å²) < 4.78 is 0. The molecule has 0 aliphatic heterocycles. The Morgan fingerprint density at radius 3 is 2.50 bits per heavy atom. The standard InChI is InChI=1S/C26H31NO3/c1-2-21(20-25(28)29)12-9-10-18-24(19-11-15-22-13-5-3-6-14-22)27-26(30)23-16-7-4-8-17-23/h2,4,7-8,16-17,21-22,24H,1,3,5-6,11,13-15,19-20H2,(H,27,30)(H,28,29)/t21-,24-/m0/s1. The second kappa shape index (κ2) is 13.3. The molecule has 0 spiro atoms. The van der Waals surface area contributed by atoms with Gasteiger partial charge in [0.15, 0.2) is 0 Å². The smallest absolute Gasteiger partial charge is 0.304 e. The third-order valence-electron chi connectivity index (χ3n) is 5.42. The van der Waals surface area contributed by atoms with Gasteiger partial charge in [0.05, 0.1) is 12.5 Å². The summed E-state index contributed by atoms with van der Waals surface area (Å²) in [6.45, 7) is 3.61. The lowest BCUT2D eigenvalue weighted by molar-refractivity contribution is -0.137. The molecule has 1 saturated carbocycles. The number of carbonyl (C=O) groups excluding carboxylic acids is 1. The highest BCUT2D eigenvalue weighted by Crippen LogP contribution is 2.27. The molecular weight excluding hydrogens is 374 g/mol. The average molecular weight is 406 g/mol. The van der Waals surface area contributed by atoms with Gasteiger partial charge in [-0.25, -0.2) is 0 Å². The zero-order chi connectivity index (χ0) is 21.6. The van der Waals surface area contributed by atoms with Crippen molar-refractivity contribution in [3.8, 4) is 23.7 Å². The first-order valence-electron chi connectivity index (χ1n) is 10.8. The summed E-state index contributed by atoms with van der Waals surface area (Å²) in [5.74, 6) is 10.7. The Morgan fingerprint density at radius 1 is 1.13 bits per heavy atom. The van der Waals surface area contributed by atoms with Crippen LogP contribution in [0.2, 0.25) is 0 Å². The molecule has 1 aromatic carbocycles. The lowest BCUT2D eigenvalue weighted by Crippen LogP contribution is -2.33. The molecule has 158 valence electrons. The van der Waals surface area contributed by atoms with Crippen molar-refractivity contribution in [1.29, 1.82) is 0 Å². The molecule has 30 heavy (non-hydrogen) atoms. The minimum absolute atomic E-state index is 0.0895. The van der Waals surface area contributed by atoms with Gasteiger partial charge >= 0.3 is 5.97 Å². The number of carbonyl (C=O) groups is 2. The van der Waals surface area contributed by atoms with Crippen LogP contribution >= 0.6 is 0 Å². The first kappa shape index (κ1) is 23.3. The highest BCUT2D eigenvalue weighted by Gasteiger charge is 2.15. The van der Waals surface area contributed by atoms with Gasteiger partial charge in [-0.1, -0.05) is 81.1 Å². The third kappa shape index (κ3) is 9.01. The van der Waals surface area contributed by atoms with Crippen LogP contribution in [0.15, 0.2) is 43.0 Å². The summed E-state index contributed by atoms with van der Waals surface area (Å²) in [7, 11) is 0. The molecule has 1 fully saturated rings. The molecule has 0 saturated heterocycles. The minimum Gasteiger partial charge on any atom is -0.481 e. The van der Waals surface area contributed by atoms with Crippen molar-refractivity contribution in [1.82, 2.24) is 5.32 Å². The average Bonchev–Trinajstić information content (AvgIpc) is 2.76. The summed E-state index contributed by atoms with van der Waals surface area (Å²) in [4.78, 5) is 23.4. The number of hydrogen-bond donors (Lipinski definition) is 2. The van der Waals surface area contributed by atoms with E-state index in [4.69, 9.17) is 5.11 Å². The van der Waals surface area contributed by atoms with Gasteiger partial charge in [0, 0.05) is 11.5 Å². The lowest BCUT2D eigenvalue weighted by Gasteiger charge is -2.22. The van der Waals surface area contributed by atoms with Crippen molar-refractivity contribution in [3.63, 3.8) is 0 Å². The number of nitrogens with one attached hydrogen (secondary N) is 1. The zero-order valence-corrected chi connectivity index (χ0v) is 17.5. The topological polar surface area (TPSA) is 66.4 Å². The molecule has 2 atom stereocenters. The largest absolute Gasteiger partial charge is 0.481 e. The molecule has 0 aromatic heterocycles. The molecule has 0 unspecified atom stereocenters. The number of benzene rings is 1. The van der Waals surface area contributed by atoms with E-state index in [2.05, 4.69) is 35.6 Å². The number of carboxylic acids is 1. The maximum absolute atomic E-state index is 12.5. The van der Waals surface area contributed by atoms with E-state index >= 15 is 0 Å². The molecule has 1 amide bonds. The molecule has 1 aliphatic rings. The molecule has 0 heterocycles. The first-order chi connectivity index (χ1) is 14.6. The van der Waals surface area contributed by atoms with Gasteiger partial charge in [-0.05, 0) is 36.3 Å². The van der Waals surface area contributed by atoms with Gasteiger partial charge in [-0.15, -0.1) is 6.58 Å². The molecule has 0 radical (unpaired) electrons. The van der Waals surface area contributed by atoms with E-state index in [1.807, 2.05) is 18.2 Å². The van der Waals surface area contributed by atoms with Crippen molar-refractivity contribution in [2.24, 2.45) is 11.8 Å². The SMILES string of the molecule is C=C[C@@H](C#CC#C[C@@H](CCCC1CCCCC1)NC(=O)c1ccccc1)CC(=O)O. The van der Waals surface area contributed by atoms with E-state index in [0.717, 1.165) is 18.8 Å². The van der Waals surface area contributed by atoms with Crippen LogP contribution in [0.25, 0.3) is 0 Å². The molecule has 2 rings (SSSR count). The van der Waals surface area contributed by atoms with E-state index in [9.17, 15) is 9.59 Å². The predicted octanol–water partition coefficient (Wildman–Crippen LogP) is 4.82. The molecule has 1 aliphatic carbocycles. The second-order valence-corrected chi connectivity index (χ2v) is 7.81. The highest BCUT2D eigenvalue weighted by atomic mass is 16.4. The Morgan fingerprint density at radius 2 is 1.83 bits per heavy atom. The highest BCUT2D eigenvalue weighted by molar-refractivity contribution is 5.94. The van der Waals surface area contributed by atoms with Crippen LogP contribution in [-0.4, -0.2) is 23.0 Å². The Labute approximate surface area is 180 Å². The van der Waals surface area contributed by atoms with Gasteiger partial charge in [0.2, 0.25) is 0 Å². The number of rotatable bonds is 9. The van der Waals surface area contributed by atoms with Crippen LogP contribution in [0.1, 0.15) is 68.1 Å². The number of hydrogen-bond acceptors (Lipinski definition) is 2. The summed E-state index contributed by atoms with van der Waals surface area (Å²) in [5, 5.41) is 11.9. The van der Waals surface area contributed by atoms with Crippen molar-refractivity contribution >= 4 is 11.9 Å². The van der Waals surface area contributed by atoms with Crippen LogP contribution in [0.5, 0.6) is 0 Å². The van der Waals surface area contributed by atoms with Gasteiger partial charge in [-0.2, -0.15) is 0 Å². The Bertz CT molecular complexity index is 817. The molecule has 2 N–H and O–H groups in total. The van der Waals surface area contributed by atoms with Crippen LogP contribution in [-0.2, 0) is 4.79 Å². The summed E-state index contributed by atoms with van der Waals surface area (Å²) in [6, 6.07) is 8.83. The Hall–Kier alpha value is -2.98. The molecular formula is C26H31NO3. The van der Waals surface area contributed by atoms with Crippen molar-refractivity contribution in [2.45, 2.75) is 63.8 Å². The van der Waals surface area contributed by atoms with E-state index in [1.165, 1.54) is 44.6 Å². The van der Waals surface area contributed by atoms with E-state index in [0.29, 0.717) is 5.56 Å². The number of aliphatic carboxylic acids is 1. The van der Waals surface area contributed by atoms with E-state index in [1.54, 1.807) is 12.1 Å². The summed E-state index contributed by atoms with van der Waals surface area (Å²) in [5.41, 5.74) is 0.607. The number of amides is 1. The quantitative estimate of drug-likeness (QED) is 0.457. The van der Waals surface area contributed by atoms with Crippen LogP contribution in [0.4, 0.5) is 0 Å². The molecule has 0 bridgehead atoms. The van der Waals surface area contributed by atoms with E-state index < -0.39 is 11.9 Å². The Balaban J connectivity index is 1.98. The normalized spacial score (nSPS) is 15.5. The minimum atomic E-state index is -0.919. The van der Waals surface area contributed by atoms with Crippen LogP contribution < -0.4 is 5.32 Å². The fourth-order valence-corrected chi connectivity index (χ4v) is 3.73. The third-order valence-corrected chi connectivity index (χ3v) is 5.42. The lowest BCUT2D eigenvalue weighted by atomic mass is 9.85. The Kier molecular flexibility index (Phi) is 10.3. The monoisotopic (exact) mass is 405 g/mol. The van der Waals surface area contributed by atoms with Gasteiger partial charge in [-0.3, -0.25) is 9.59 Å². The fraction of sp³-hybridized carbons (Fsp3) is 0.462. The van der Waals surface area contributed by atoms with Gasteiger partial charge in [0.25, 0.3) is 5.91 Å².